The van der Waals surface area contributed by atoms with E-state index in [4.69, 9.17) is 0 Å². The predicted octanol–water partition coefficient (Wildman–Crippen LogP) is 2.95. The van der Waals surface area contributed by atoms with Crippen molar-refractivity contribution in [2.24, 2.45) is 0 Å². The first-order valence-corrected chi connectivity index (χ1v) is 11.0. The summed E-state index contributed by atoms with van der Waals surface area (Å²) in [4.78, 5) is 40.1. The Morgan fingerprint density at radius 2 is 1.61 bits per heavy atom. The summed E-state index contributed by atoms with van der Waals surface area (Å²) in [7, 11) is 0. The molecule has 36 heavy (non-hydrogen) atoms. The highest BCUT2D eigenvalue weighted by Crippen LogP contribution is 2.33. The van der Waals surface area contributed by atoms with E-state index in [0.29, 0.717) is 23.9 Å². The smallest absolute Gasteiger partial charge is 0.342 e. The number of alkyl halides is 3. The van der Waals surface area contributed by atoms with Crippen LogP contribution < -0.4 is 5.32 Å². The van der Waals surface area contributed by atoms with Gasteiger partial charge in [0.1, 0.15) is 5.82 Å². The highest BCUT2D eigenvalue weighted by atomic mass is 19.4. The minimum atomic E-state index is -4.81. The molecule has 0 bridgehead atoms. The molecule has 1 aliphatic rings. The van der Waals surface area contributed by atoms with Crippen molar-refractivity contribution in [2.45, 2.75) is 6.18 Å². The van der Waals surface area contributed by atoms with Gasteiger partial charge in [-0.1, -0.05) is 30.3 Å². The summed E-state index contributed by atoms with van der Waals surface area (Å²) >= 11 is 0. The number of halogens is 4. The first kappa shape index (κ1) is 24.9. The molecule has 2 heterocycles. The van der Waals surface area contributed by atoms with Crippen LogP contribution in [0.3, 0.4) is 0 Å². The van der Waals surface area contributed by atoms with E-state index in [1.54, 1.807) is 6.07 Å². The van der Waals surface area contributed by atoms with E-state index >= 15 is 0 Å². The molecule has 0 aliphatic carbocycles. The molecule has 0 saturated carbocycles. The van der Waals surface area contributed by atoms with Gasteiger partial charge in [0.2, 0.25) is 5.91 Å². The number of hydrogen-bond donors (Lipinski definition) is 2. The lowest BCUT2D eigenvalue weighted by Crippen LogP contribution is -2.52. The summed E-state index contributed by atoms with van der Waals surface area (Å²) in [5.74, 6) is -2.89. The number of carbonyl (C=O) groups is 3. The van der Waals surface area contributed by atoms with Crippen molar-refractivity contribution in [3.8, 4) is 11.3 Å². The van der Waals surface area contributed by atoms with Crippen LogP contribution in [0.4, 0.5) is 17.6 Å². The first-order valence-electron chi connectivity index (χ1n) is 11.0. The Morgan fingerprint density at radius 1 is 0.944 bits per heavy atom. The molecule has 1 aromatic heterocycles. The fraction of sp³-hybridized carbons (Fsp3) is 0.250. The van der Waals surface area contributed by atoms with Crippen LogP contribution >= 0.6 is 0 Å². The number of piperazine rings is 1. The van der Waals surface area contributed by atoms with Crippen LogP contribution in [0.1, 0.15) is 26.4 Å². The molecule has 3 amide bonds. The first-order chi connectivity index (χ1) is 17.1. The molecular weight excluding hydrogens is 482 g/mol. The van der Waals surface area contributed by atoms with Gasteiger partial charge >= 0.3 is 6.18 Å². The molecular formula is C24H21F4N5O3. The summed E-state index contributed by atoms with van der Waals surface area (Å²) in [5, 5.41) is 9.21. The third-order valence-electron chi connectivity index (χ3n) is 5.73. The van der Waals surface area contributed by atoms with Gasteiger partial charge in [-0.15, -0.1) is 0 Å². The maximum atomic E-state index is 13.6. The molecule has 0 spiro atoms. The molecule has 1 saturated heterocycles. The second kappa shape index (κ2) is 10.2. The number of nitrogens with zero attached hydrogens (tertiary/aromatic N) is 3. The second-order valence-electron chi connectivity index (χ2n) is 8.08. The van der Waals surface area contributed by atoms with Crippen LogP contribution in [0.25, 0.3) is 11.3 Å². The van der Waals surface area contributed by atoms with Gasteiger partial charge in [-0.2, -0.15) is 18.3 Å². The van der Waals surface area contributed by atoms with Crippen molar-refractivity contribution < 1.29 is 31.9 Å². The van der Waals surface area contributed by atoms with E-state index in [-0.39, 0.29) is 38.4 Å². The molecule has 2 N–H and O–H groups in total. The number of nitrogens with one attached hydrogen (secondary N) is 2. The Labute approximate surface area is 202 Å². The average Bonchev–Trinajstić information content (AvgIpc) is 3.37. The van der Waals surface area contributed by atoms with E-state index in [1.165, 1.54) is 4.90 Å². The van der Waals surface area contributed by atoms with Gasteiger partial charge in [0.05, 0.1) is 23.4 Å². The van der Waals surface area contributed by atoms with Gasteiger partial charge in [0.25, 0.3) is 11.8 Å². The molecule has 4 rings (SSSR count). The number of amides is 3. The molecule has 0 atom stereocenters. The van der Waals surface area contributed by atoms with Gasteiger partial charge in [-0.25, -0.2) is 4.39 Å². The van der Waals surface area contributed by atoms with Crippen molar-refractivity contribution in [2.75, 3.05) is 32.7 Å². The Morgan fingerprint density at radius 3 is 2.28 bits per heavy atom. The minimum Gasteiger partial charge on any atom is -0.342 e. The number of benzene rings is 2. The molecule has 0 radical (unpaired) electrons. The average molecular weight is 503 g/mol. The van der Waals surface area contributed by atoms with Gasteiger partial charge in [0, 0.05) is 26.2 Å². The maximum Gasteiger partial charge on any atom is 0.417 e. The summed E-state index contributed by atoms with van der Waals surface area (Å²) in [6.07, 6.45) is -4.81. The molecule has 12 heteroatoms. The fourth-order valence-electron chi connectivity index (χ4n) is 3.83. The molecule has 0 unspecified atom stereocenters. The number of carbonyl (C=O) groups excluding carboxylic acids is 3. The monoisotopic (exact) mass is 503 g/mol. The Kier molecular flexibility index (Phi) is 7.04. The number of hydrogen-bond acceptors (Lipinski definition) is 4. The molecule has 1 aliphatic heterocycles. The van der Waals surface area contributed by atoms with Crippen LogP contribution in [0.5, 0.6) is 0 Å². The van der Waals surface area contributed by atoms with Crippen molar-refractivity contribution in [3.63, 3.8) is 0 Å². The standard InChI is InChI=1S/C24H21F4N5O3/c25-16-6-7-18(24(26,27)28)17(12-16)23(36)33-10-8-32(9-11-33)21(34)14-29-22(35)20-13-19(30-31-20)15-4-2-1-3-5-15/h1-7,12-13H,8-11,14H2,(H,29,35)(H,30,31). The number of aromatic nitrogens is 2. The van der Waals surface area contributed by atoms with Gasteiger partial charge in [-0.3, -0.25) is 19.5 Å². The third kappa shape index (κ3) is 5.53. The zero-order valence-corrected chi connectivity index (χ0v) is 18.8. The lowest BCUT2D eigenvalue weighted by molar-refractivity contribution is -0.138. The molecule has 3 aromatic rings. The second-order valence-corrected chi connectivity index (χ2v) is 8.08. The van der Waals surface area contributed by atoms with E-state index in [0.717, 1.165) is 10.5 Å². The van der Waals surface area contributed by atoms with Gasteiger partial charge in [0.15, 0.2) is 5.69 Å². The highest BCUT2D eigenvalue weighted by Gasteiger charge is 2.37. The normalized spacial score (nSPS) is 14.0. The predicted molar refractivity (Wildman–Crippen MR) is 120 cm³/mol. The highest BCUT2D eigenvalue weighted by molar-refractivity contribution is 5.97. The Hall–Kier alpha value is -4.22. The fourth-order valence-corrected chi connectivity index (χ4v) is 3.83. The lowest BCUT2D eigenvalue weighted by atomic mass is 10.0. The van der Waals surface area contributed by atoms with E-state index in [2.05, 4.69) is 15.5 Å². The number of aromatic amines is 1. The van der Waals surface area contributed by atoms with Crippen molar-refractivity contribution in [1.82, 2.24) is 25.3 Å². The van der Waals surface area contributed by atoms with Crippen LogP contribution in [-0.2, 0) is 11.0 Å². The lowest BCUT2D eigenvalue weighted by Gasteiger charge is -2.35. The summed E-state index contributed by atoms with van der Waals surface area (Å²) in [5.41, 5.74) is -0.409. The zero-order chi connectivity index (χ0) is 25.9. The largest absolute Gasteiger partial charge is 0.417 e. The SMILES string of the molecule is O=C(NCC(=O)N1CCN(C(=O)c2cc(F)ccc2C(F)(F)F)CC1)c1cc(-c2ccccc2)[nH]n1. The van der Waals surface area contributed by atoms with Crippen molar-refractivity contribution >= 4 is 17.7 Å². The minimum absolute atomic E-state index is 0.0356. The quantitative estimate of drug-likeness (QED) is 0.523. The molecule has 188 valence electrons. The van der Waals surface area contributed by atoms with Crippen LogP contribution in [0.15, 0.2) is 54.6 Å². The third-order valence-corrected chi connectivity index (χ3v) is 5.73. The van der Waals surface area contributed by atoms with E-state index < -0.39 is 40.8 Å². The molecule has 8 nitrogen and oxygen atoms in total. The molecule has 1 fully saturated rings. The topological polar surface area (TPSA) is 98.4 Å². The summed E-state index contributed by atoms with van der Waals surface area (Å²) in [6, 6.07) is 12.5. The van der Waals surface area contributed by atoms with Gasteiger partial charge in [-0.05, 0) is 29.8 Å². The van der Waals surface area contributed by atoms with E-state index in [9.17, 15) is 31.9 Å². The summed E-state index contributed by atoms with van der Waals surface area (Å²) < 4.78 is 53.3. The molecule has 2 aromatic carbocycles. The van der Waals surface area contributed by atoms with Crippen LogP contribution in [0, 0.1) is 5.82 Å². The van der Waals surface area contributed by atoms with Crippen molar-refractivity contribution in [1.29, 1.82) is 0 Å². The van der Waals surface area contributed by atoms with E-state index in [1.807, 2.05) is 30.3 Å². The zero-order valence-electron chi connectivity index (χ0n) is 18.8. The maximum absolute atomic E-state index is 13.6. The van der Waals surface area contributed by atoms with Gasteiger partial charge < -0.3 is 15.1 Å². The number of H-pyrrole nitrogens is 1. The Balaban J connectivity index is 1.30. The van der Waals surface area contributed by atoms with Crippen molar-refractivity contribution in [3.05, 3.63) is 77.2 Å². The number of rotatable bonds is 5. The summed E-state index contributed by atoms with van der Waals surface area (Å²) in [6.45, 7) is -0.282. The Bertz CT molecular complexity index is 1270. The van der Waals surface area contributed by atoms with Crippen LogP contribution in [0.2, 0.25) is 0 Å². The van der Waals surface area contributed by atoms with Crippen LogP contribution in [-0.4, -0.2) is 70.4 Å².